The summed E-state index contributed by atoms with van der Waals surface area (Å²) in [5.74, 6) is -0.942. The Balaban J connectivity index is 2.88. The maximum absolute atomic E-state index is 10.9. The molecule has 1 aromatic heterocycles. The zero-order valence-electron chi connectivity index (χ0n) is 7.56. The zero-order valence-corrected chi connectivity index (χ0v) is 7.56. The summed E-state index contributed by atoms with van der Waals surface area (Å²) in [6.07, 6.45) is 1.49. The van der Waals surface area contributed by atoms with E-state index in [1.165, 1.54) is 6.20 Å². The van der Waals surface area contributed by atoms with Gasteiger partial charge in [-0.2, -0.15) is 10.2 Å². The summed E-state index contributed by atoms with van der Waals surface area (Å²) in [4.78, 5) is 10.9. The van der Waals surface area contributed by atoms with Crippen LogP contribution in [0.5, 0.6) is 0 Å². The van der Waals surface area contributed by atoms with Gasteiger partial charge in [-0.05, 0) is 24.6 Å². The number of aromatic carboxylic acids is 1. The van der Waals surface area contributed by atoms with Crippen molar-refractivity contribution in [3.63, 3.8) is 0 Å². The first kappa shape index (κ1) is 8.62. The van der Waals surface area contributed by atoms with E-state index in [1.807, 2.05) is 6.92 Å². The fraction of sp³-hybridized carbons (Fsp3) is 0.100. The number of hydrogen-bond donors (Lipinski definition) is 1. The van der Waals surface area contributed by atoms with E-state index in [0.717, 1.165) is 5.56 Å². The molecule has 4 nitrogen and oxygen atoms in total. The third-order valence-corrected chi connectivity index (χ3v) is 2.11. The largest absolute Gasteiger partial charge is 0.478 e. The van der Waals surface area contributed by atoms with E-state index in [9.17, 15) is 4.79 Å². The average Bonchev–Trinajstić information content (AvgIpc) is 2.18. The number of carboxylic acids is 1. The van der Waals surface area contributed by atoms with E-state index < -0.39 is 5.97 Å². The van der Waals surface area contributed by atoms with Gasteiger partial charge >= 0.3 is 5.97 Å². The fourth-order valence-corrected chi connectivity index (χ4v) is 1.40. The summed E-state index contributed by atoms with van der Waals surface area (Å²) in [6.45, 7) is 1.88. The molecule has 4 heteroatoms. The normalized spacial score (nSPS) is 10.4. The van der Waals surface area contributed by atoms with Gasteiger partial charge in [0.25, 0.3) is 0 Å². The summed E-state index contributed by atoms with van der Waals surface area (Å²) in [5, 5.41) is 17.2. The van der Waals surface area contributed by atoms with Crippen LogP contribution in [0.1, 0.15) is 15.9 Å². The standard InChI is InChI=1S/C10H8N2O2/c1-6-2-3-8(10(13)14)7-4-5-11-12-9(6)7/h2-5H,1H3,(H,13,14). The Labute approximate surface area is 80.2 Å². The molecule has 2 aromatic rings. The van der Waals surface area contributed by atoms with Gasteiger partial charge < -0.3 is 5.11 Å². The third-order valence-electron chi connectivity index (χ3n) is 2.11. The second-order valence-corrected chi connectivity index (χ2v) is 3.03. The van der Waals surface area contributed by atoms with Gasteiger partial charge in [0.2, 0.25) is 0 Å². The van der Waals surface area contributed by atoms with Crippen molar-refractivity contribution in [2.75, 3.05) is 0 Å². The lowest BCUT2D eigenvalue weighted by atomic mass is 10.1. The molecule has 0 unspecified atom stereocenters. The second kappa shape index (κ2) is 3.06. The summed E-state index contributed by atoms with van der Waals surface area (Å²) in [5.41, 5.74) is 1.84. The quantitative estimate of drug-likeness (QED) is 0.738. The van der Waals surface area contributed by atoms with E-state index in [0.29, 0.717) is 10.9 Å². The number of fused-ring (bicyclic) bond motifs is 1. The molecule has 0 bridgehead atoms. The minimum atomic E-state index is -0.942. The monoisotopic (exact) mass is 188 g/mol. The van der Waals surface area contributed by atoms with Crippen molar-refractivity contribution < 1.29 is 9.90 Å². The highest BCUT2D eigenvalue weighted by atomic mass is 16.4. The Kier molecular flexibility index (Phi) is 1.89. The van der Waals surface area contributed by atoms with E-state index in [1.54, 1.807) is 18.2 Å². The molecule has 0 spiro atoms. The number of aryl methyl sites for hydroxylation is 1. The van der Waals surface area contributed by atoms with Gasteiger partial charge in [-0.25, -0.2) is 4.79 Å². The Morgan fingerprint density at radius 1 is 1.36 bits per heavy atom. The Hall–Kier alpha value is -1.97. The van der Waals surface area contributed by atoms with Crippen molar-refractivity contribution >= 4 is 16.9 Å². The summed E-state index contributed by atoms with van der Waals surface area (Å²) in [6, 6.07) is 4.99. The number of aromatic nitrogens is 2. The molecule has 0 radical (unpaired) electrons. The number of rotatable bonds is 1. The van der Waals surface area contributed by atoms with Crippen LogP contribution in [0.2, 0.25) is 0 Å². The molecule has 0 aliphatic rings. The highest BCUT2D eigenvalue weighted by Gasteiger charge is 2.09. The molecule has 0 saturated heterocycles. The summed E-state index contributed by atoms with van der Waals surface area (Å²) in [7, 11) is 0. The molecule has 0 aliphatic heterocycles. The lowest BCUT2D eigenvalue weighted by Crippen LogP contribution is -1.99. The fourth-order valence-electron chi connectivity index (χ4n) is 1.40. The number of carboxylic acid groups (broad SMARTS) is 1. The van der Waals surface area contributed by atoms with Crippen LogP contribution in [0.4, 0.5) is 0 Å². The Bertz CT molecular complexity index is 508. The highest BCUT2D eigenvalue weighted by molar-refractivity contribution is 6.03. The molecule has 0 atom stereocenters. The minimum Gasteiger partial charge on any atom is -0.478 e. The van der Waals surface area contributed by atoms with Crippen LogP contribution in [0, 0.1) is 6.92 Å². The number of benzene rings is 1. The smallest absolute Gasteiger partial charge is 0.336 e. The molecule has 0 aliphatic carbocycles. The lowest BCUT2D eigenvalue weighted by Gasteiger charge is -2.02. The third kappa shape index (κ3) is 1.21. The molecule has 0 fully saturated rings. The van der Waals surface area contributed by atoms with Gasteiger partial charge in [-0.1, -0.05) is 6.07 Å². The van der Waals surface area contributed by atoms with Gasteiger partial charge in [0, 0.05) is 5.39 Å². The maximum Gasteiger partial charge on any atom is 0.336 e. The number of nitrogens with zero attached hydrogens (tertiary/aromatic N) is 2. The van der Waals surface area contributed by atoms with Crippen molar-refractivity contribution in [3.05, 3.63) is 35.5 Å². The molecule has 14 heavy (non-hydrogen) atoms. The van der Waals surface area contributed by atoms with Crippen LogP contribution in [-0.2, 0) is 0 Å². The van der Waals surface area contributed by atoms with E-state index >= 15 is 0 Å². The van der Waals surface area contributed by atoms with E-state index in [4.69, 9.17) is 5.11 Å². The van der Waals surface area contributed by atoms with E-state index in [2.05, 4.69) is 10.2 Å². The van der Waals surface area contributed by atoms with Crippen LogP contribution >= 0.6 is 0 Å². The van der Waals surface area contributed by atoms with Crippen LogP contribution in [0.3, 0.4) is 0 Å². The maximum atomic E-state index is 10.9. The van der Waals surface area contributed by atoms with Gasteiger partial charge in [0.15, 0.2) is 0 Å². The first-order valence-corrected chi connectivity index (χ1v) is 4.14. The SMILES string of the molecule is Cc1ccc(C(=O)O)c2ccnnc12. The molecule has 1 N–H and O–H groups in total. The van der Waals surface area contributed by atoms with Crippen molar-refractivity contribution in [1.29, 1.82) is 0 Å². The van der Waals surface area contributed by atoms with Gasteiger partial charge in [0.1, 0.15) is 0 Å². The first-order chi connectivity index (χ1) is 6.70. The number of carbonyl (C=O) groups is 1. The average molecular weight is 188 g/mol. The Morgan fingerprint density at radius 2 is 2.14 bits per heavy atom. The van der Waals surface area contributed by atoms with Gasteiger partial charge in [-0.3, -0.25) is 0 Å². The topological polar surface area (TPSA) is 63.1 Å². The van der Waals surface area contributed by atoms with Gasteiger partial charge in [-0.15, -0.1) is 0 Å². The predicted molar refractivity (Wildman–Crippen MR) is 51.2 cm³/mol. The predicted octanol–water partition coefficient (Wildman–Crippen LogP) is 1.64. The summed E-state index contributed by atoms with van der Waals surface area (Å²) < 4.78 is 0. The summed E-state index contributed by atoms with van der Waals surface area (Å²) >= 11 is 0. The number of hydrogen-bond acceptors (Lipinski definition) is 3. The minimum absolute atomic E-state index is 0.264. The molecule has 2 rings (SSSR count). The first-order valence-electron chi connectivity index (χ1n) is 4.14. The Morgan fingerprint density at radius 3 is 2.86 bits per heavy atom. The molecular formula is C10H8N2O2. The van der Waals surface area contributed by atoms with Crippen LogP contribution < -0.4 is 0 Å². The van der Waals surface area contributed by atoms with Crippen molar-refractivity contribution in [3.8, 4) is 0 Å². The van der Waals surface area contributed by atoms with Crippen LogP contribution in [-0.4, -0.2) is 21.3 Å². The van der Waals surface area contributed by atoms with Crippen LogP contribution in [0.15, 0.2) is 24.4 Å². The van der Waals surface area contributed by atoms with Crippen molar-refractivity contribution in [2.45, 2.75) is 6.92 Å². The van der Waals surface area contributed by atoms with E-state index in [-0.39, 0.29) is 5.56 Å². The molecule has 0 saturated carbocycles. The molecule has 70 valence electrons. The second-order valence-electron chi connectivity index (χ2n) is 3.03. The lowest BCUT2D eigenvalue weighted by molar-refractivity contribution is 0.0699. The molecule has 1 aromatic carbocycles. The van der Waals surface area contributed by atoms with Crippen molar-refractivity contribution in [1.82, 2.24) is 10.2 Å². The van der Waals surface area contributed by atoms with Crippen molar-refractivity contribution in [2.24, 2.45) is 0 Å². The highest BCUT2D eigenvalue weighted by Crippen LogP contribution is 2.19. The zero-order chi connectivity index (χ0) is 10.1. The molecule has 0 amide bonds. The van der Waals surface area contributed by atoms with Gasteiger partial charge in [0.05, 0.1) is 17.3 Å². The van der Waals surface area contributed by atoms with Crippen LogP contribution in [0.25, 0.3) is 10.9 Å². The molecule has 1 heterocycles. The molecular weight excluding hydrogens is 180 g/mol.